The lowest BCUT2D eigenvalue weighted by molar-refractivity contribution is 0.423. The van der Waals surface area contributed by atoms with E-state index in [1.165, 1.54) is 11.1 Å². The van der Waals surface area contributed by atoms with Gasteiger partial charge in [0.1, 0.15) is 12.1 Å². The molecule has 0 aromatic carbocycles. The van der Waals surface area contributed by atoms with Crippen LogP contribution in [0.25, 0.3) is 27.9 Å². The summed E-state index contributed by atoms with van der Waals surface area (Å²) >= 11 is 0. The van der Waals surface area contributed by atoms with Crippen molar-refractivity contribution in [2.45, 2.75) is 59.5 Å². The number of fused-ring (bicyclic) bond motifs is 2. The molecule has 0 bridgehead atoms. The van der Waals surface area contributed by atoms with Crippen molar-refractivity contribution in [1.82, 2.24) is 29.9 Å². The largest absolute Gasteiger partial charge is 0.353 e. The molecule has 2 N–H and O–H groups in total. The van der Waals surface area contributed by atoms with Gasteiger partial charge in [-0.15, -0.1) is 0 Å². The molecular formula is C24H31N7. The summed E-state index contributed by atoms with van der Waals surface area (Å²) in [5.41, 5.74) is 8.97. The van der Waals surface area contributed by atoms with Gasteiger partial charge in [0, 0.05) is 42.5 Å². The molecule has 0 aliphatic carbocycles. The first-order valence-electron chi connectivity index (χ1n) is 11.2. The minimum absolute atomic E-state index is 0.331. The number of aromatic amines is 1. The topological polar surface area (TPSA) is 74.1 Å². The van der Waals surface area contributed by atoms with E-state index in [1.807, 2.05) is 4.52 Å². The molecule has 162 valence electrons. The molecule has 1 aliphatic heterocycles. The average Bonchev–Trinajstić information content (AvgIpc) is 3.36. The lowest BCUT2D eigenvalue weighted by atomic mass is 9.95. The Morgan fingerprint density at radius 2 is 1.94 bits per heavy atom. The fraction of sp³-hybridized carbons (Fsp3) is 0.458. The third-order valence-corrected chi connectivity index (χ3v) is 6.70. The number of anilines is 1. The Kier molecular flexibility index (Phi) is 4.73. The molecular weight excluding hydrogens is 386 g/mol. The molecule has 1 fully saturated rings. The van der Waals surface area contributed by atoms with Crippen LogP contribution in [0.2, 0.25) is 0 Å². The van der Waals surface area contributed by atoms with Crippen LogP contribution >= 0.6 is 0 Å². The van der Waals surface area contributed by atoms with E-state index in [-0.39, 0.29) is 0 Å². The van der Waals surface area contributed by atoms with Crippen LogP contribution in [0.15, 0.2) is 24.7 Å². The van der Waals surface area contributed by atoms with Crippen LogP contribution in [0, 0.1) is 13.8 Å². The molecule has 0 spiro atoms. The van der Waals surface area contributed by atoms with Crippen molar-refractivity contribution in [1.29, 1.82) is 0 Å². The highest BCUT2D eigenvalue weighted by Crippen LogP contribution is 2.38. The Balaban J connectivity index is 1.70. The van der Waals surface area contributed by atoms with E-state index in [0.29, 0.717) is 18.0 Å². The molecule has 0 unspecified atom stereocenters. The maximum Gasteiger partial charge on any atom is 0.158 e. The highest BCUT2D eigenvalue weighted by atomic mass is 15.3. The fourth-order valence-electron chi connectivity index (χ4n) is 4.80. The van der Waals surface area contributed by atoms with Gasteiger partial charge < -0.3 is 15.2 Å². The Morgan fingerprint density at radius 3 is 2.71 bits per heavy atom. The molecule has 5 heterocycles. The lowest BCUT2D eigenvalue weighted by Crippen LogP contribution is -2.54. The smallest absolute Gasteiger partial charge is 0.158 e. The van der Waals surface area contributed by atoms with E-state index in [1.54, 1.807) is 6.33 Å². The molecule has 0 amide bonds. The number of nitrogens with zero attached hydrogens (tertiary/aromatic N) is 5. The molecule has 31 heavy (non-hydrogen) atoms. The number of aromatic nitrogens is 5. The fourth-order valence-corrected chi connectivity index (χ4v) is 4.80. The standard InChI is InChI=1S/C24H31N7/c1-13(2)21-22(18-11-31-24(26-12-27-31)17(6)16(18)5)28-19-7-8-20(29-23(19)21)30-10-14(3)25-9-15(30)4/h7-8,11-15,25,28H,9-10H2,1-6H3/t14-,15-/m0/s1. The van der Waals surface area contributed by atoms with Gasteiger partial charge >= 0.3 is 0 Å². The van der Waals surface area contributed by atoms with Gasteiger partial charge in [-0.25, -0.2) is 14.5 Å². The summed E-state index contributed by atoms with van der Waals surface area (Å²) in [5, 5.41) is 7.95. The zero-order valence-corrected chi connectivity index (χ0v) is 19.2. The predicted molar refractivity (Wildman–Crippen MR) is 126 cm³/mol. The van der Waals surface area contributed by atoms with Gasteiger partial charge in [-0.05, 0) is 56.9 Å². The monoisotopic (exact) mass is 417 g/mol. The number of piperazine rings is 1. The molecule has 1 saturated heterocycles. The van der Waals surface area contributed by atoms with Crippen molar-refractivity contribution in [3.05, 3.63) is 41.3 Å². The number of pyridine rings is 2. The summed E-state index contributed by atoms with van der Waals surface area (Å²) < 4.78 is 1.87. The van der Waals surface area contributed by atoms with E-state index in [9.17, 15) is 0 Å². The first-order valence-corrected chi connectivity index (χ1v) is 11.2. The zero-order valence-electron chi connectivity index (χ0n) is 19.2. The minimum Gasteiger partial charge on any atom is -0.353 e. The quantitative estimate of drug-likeness (QED) is 0.523. The van der Waals surface area contributed by atoms with Crippen molar-refractivity contribution in [2.24, 2.45) is 0 Å². The van der Waals surface area contributed by atoms with Gasteiger partial charge in [-0.3, -0.25) is 0 Å². The molecule has 0 radical (unpaired) electrons. The Hall–Kier alpha value is -2.93. The number of hydrogen-bond donors (Lipinski definition) is 2. The molecule has 7 nitrogen and oxygen atoms in total. The van der Waals surface area contributed by atoms with Gasteiger partial charge in [0.25, 0.3) is 0 Å². The molecule has 5 rings (SSSR count). The van der Waals surface area contributed by atoms with Crippen LogP contribution < -0.4 is 10.2 Å². The first-order chi connectivity index (χ1) is 14.8. The summed E-state index contributed by atoms with van der Waals surface area (Å²) in [6.07, 6.45) is 3.70. The average molecular weight is 418 g/mol. The van der Waals surface area contributed by atoms with Crippen molar-refractivity contribution < 1.29 is 0 Å². The van der Waals surface area contributed by atoms with Crippen molar-refractivity contribution in [3.8, 4) is 11.3 Å². The summed E-state index contributed by atoms with van der Waals surface area (Å²) in [6.45, 7) is 15.2. The third-order valence-electron chi connectivity index (χ3n) is 6.70. The van der Waals surface area contributed by atoms with Crippen molar-refractivity contribution in [2.75, 3.05) is 18.0 Å². The second-order valence-corrected chi connectivity index (χ2v) is 9.27. The summed E-state index contributed by atoms with van der Waals surface area (Å²) in [4.78, 5) is 15.7. The molecule has 0 saturated carbocycles. The van der Waals surface area contributed by atoms with Crippen LogP contribution in [-0.2, 0) is 0 Å². The van der Waals surface area contributed by atoms with E-state index >= 15 is 0 Å². The van der Waals surface area contributed by atoms with E-state index in [2.05, 4.69) is 85.2 Å². The van der Waals surface area contributed by atoms with Crippen molar-refractivity contribution >= 4 is 22.5 Å². The Morgan fingerprint density at radius 1 is 1.13 bits per heavy atom. The summed E-state index contributed by atoms with van der Waals surface area (Å²) in [7, 11) is 0. The number of rotatable bonds is 3. The third kappa shape index (κ3) is 3.19. The molecule has 4 aromatic rings. The normalized spacial score (nSPS) is 19.8. The van der Waals surface area contributed by atoms with Gasteiger partial charge in [0.2, 0.25) is 0 Å². The van der Waals surface area contributed by atoms with Crippen LogP contribution in [0.1, 0.15) is 50.3 Å². The van der Waals surface area contributed by atoms with Crippen LogP contribution in [0.5, 0.6) is 0 Å². The summed E-state index contributed by atoms with van der Waals surface area (Å²) in [6, 6.07) is 5.21. The minimum atomic E-state index is 0.331. The van der Waals surface area contributed by atoms with E-state index < -0.39 is 0 Å². The zero-order chi connectivity index (χ0) is 21.9. The Labute approximate surface area is 182 Å². The van der Waals surface area contributed by atoms with Crippen LogP contribution in [0.3, 0.4) is 0 Å². The van der Waals surface area contributed by atoms with Gasteiger partial charge in [0.15, 0.2) is 5.65 Å². The SMILES string of the molecule is Cc1c(-c2[nH]c3ccc(N4C[C@H](C)NC[C@@H]4C)nc3c2C(C)C)cn2ncnc2c1C. The highest BCUT2D eigenvalue weighted by molar-refractivity contribution is 5.90. The number of H-pyrrole nitrogens is 1. The maximum atomic E-state index is 5.19. The lowest BCUT2D eigenvalue weighted by Gasteiger charge is -2.38. The molecule has 2 atom stereocenters. The summed E-state index contributed by atoms with van der Waals surface area (Å²) in [5.74, 6) is 1.39. The number of hydrogen-bond acceptors (Lipinski definition) is 5. The van der Waals surface area contributed by atoms with E-state index in [0.717, 1.165) is 52.4 Å². The van der Waals surface area contributed by atoms with Crippen LogP contribution in [-0.4, -0.2) is 49.7 Å². The first kappa shape index (κ1) is 20.0. The van der Waals surface area contributed by atoms with Crippen LogP contribution in [0.4, 0.5) is 5.82 Å². The second-order valence-electron chi connectivity index (χ2n) is 9.27. The van der Waals surface area contributed by atoms with Gasteiger partial charge in [-0.1, -0.05) is 13.8 Å². The predicted octanol–water partition coefficient (Wildman–Crippen LogP) is 4.20. The van der Waals surface area contributed by atoms with Gasteiger partial charge in [-0.2, -0.15) is 5.10 Å². The Bertz CT molecular complexity index is 1270. The molecule has 7 heteroatoms. The van der Waals surface area contributed by atoms with Crippen molar-refractivity contribution in [3.63, 3.8) is 0 Å². The van der Waals surface area contributed by atoms with Gasteiger partial charge in [0.05, 0.1) is 16.7 Å². The molecule has 1 aliphatic rings. The number of aryl methyl sites for hydroxylation is 1. The van der Waals surface area contributed by atoms with E-state index in [4.69, 9.17) is 4.98 Å². The maximum absolute atomic E-state index is 5.19. The molecule has 4 aromatic heterocycles. The highest BCUT2D eigenvalue weighted by Gasteiger charge is 2.26. The number of nitrogens with one attached hydrogen (secondary N) is 2. The second kappa shape index (κ2) is 7.34.